The number of aliphatic imine (C=N–C) groups is 1. The van der Waals surface area contributed by atoms with Crippen LogP contribution in [-0.4, -0.2) is 54.7 Å². The van der Waals surface area contributed by atoms with Gasteiger partial charge in [0, 0.05) is 51.1 Å². The third kappa shape index (κ3) is 6.84. The highest BCUT2D eigenvalue weighted by Crippen LogP contribution is 2.20. The van der Waals surface area contributed by atoms with Crippen molar-refractivity contribution in [3.63, 3.8) is 0 Å². The molecular formula is C22H28FN5O3. The first kappa shape index (κ1) is 22.3. The first-order valence-corrected chi connectivity index (χ1v) is 10.3. The maximum atomic E-state index is 13.2. The summed E-state index contributed by atoms with van der Waals surface area (Å²) >= 11 is 0. The molecule has 9 heteroatoms. The Morgan fingerprint density at radius 1 is 1.29 bits per heavy atom. The predicted octanol–water partition coefficient (Wildman–Crippen LogP) is 3.30. The summed E-state index contributed by atoms with van der Waals surface area (Å²) in [4.78, 5) is 22.1. The Bertz CT molecular complexity index is 883. The number of hydrogen-bond acceptors (Lipinski definition) is 5. The number of carbonyl (C=O) groups is 1. The fraction of sp³-hybridized carbons (Fsp3) is 0.409. The average molecular weight is 429 g/mol. The van der Waals surface area contributed by atoms with Crippen LogP contribution in [0.4, 0.5) is 9.18 Å². The number of rotatable bonds is 6. The van der Waals surface area contributed by atoms with Gasteiger partial charge in [0.15, 0.2) is 5.96 Å². The number of hydrogen-bond donors (Lipinski definition) is 2. The van der Waals surface area contributed by atoms with Crippen molar-refractivity contribution in [3.05, 3.63) is 54.0 Å². The number of benzene rings is 1. The van der Waals surface area contributed by atoms with E-state index in [1.807, 2.05) is 13.0 Å². The molecule has 2 aromatic rings. The van der Waals surface area contributed by atoms with E-state index in [2.05, 4.69) is 20.6 Å². The number of piperidine rings is 1. The van der Waals surface area contributed by atoms with Crippen molar-refractivity contribution >= 4 is 12.1 Å². The molecule has 0 aliphatic carbocycles. The molecule has 1 fully saturated rings. The van der Waals surface area contributed by atoms with Crippen molar-refractivity contribution in [1.29, 1.82) is 0 Å². The maximum absolute atomic E-state index is 13.2. The lowest BCUT2D eigenvalue weighted by Gasteiger charge is -2.32. The third-order valence-electron chi connectivity index (χ3n) is 4.86. The van der Waals surface area contributed by atoms with Gasteiger partial charge in [-0.3, -0.25) is 4.99 Å². The van der Waals surface area contributed by atoms with E-state index in [0.29, 0.717) is 43.8 Å². The number of likely N-dealkylation sites (tertiary alicyclic amines) is 1. The number of halogens is 1. The van der Waals surface area contributed by atoms with Crippen molar-refractivity contribution in [2.75, 3.05) is 26.7 Å². The third-order valence-corrected chi connectivity index (χ3v) is 4.86. The summed E-state index contributed by atoms with van der Waals surface area (Å²) in [6, 6.07) is 9.79. The zero-order chi connectivity index (χ0) is 22.1. The number of ether oxygens (including phenoxy) is 2. The Morgan fingerprint density at radius 2 is 2.10 bits per heavy atom. The van der Waals surface area contributed by atoms with Gasteiger partial charge >= 0.3 is 6.09 Å². The van der Waals surface area contributed by atoms with Crippen molar-refractivity contribution in [2.24, 2.45) is 4.99 Å². The van der Waals surface area contributed by atoms with Crippen molar-refractivity contribution < 1.29 is 18.7 Å². The van der Waals surface area contributed by atoms with Crippen LogP contribution in [0.25, 0.3) is 0 Å². The number of carbonyl (C=O) groups excluding carboxylic acids is 1. The summed E-state index contributed by atoms with van der Waals surface area (Å²) in [5, 5.41) is 6.66. The molecule has 8 nitrogen and oxygen atoms in total. The van der Waals surface area contributed by atoms with Crippen LogP contribution in [-0.2, 0) is 11.3 Å². The van der Waals surface area contributed by atoms with Gasteiger partial charge in [-0.1, -0.05) is 12.1 Å². The van der Waals surface area contributed by atoms with Crippen molar-refractivity contribution in [1.82, 2.24) is 20.5 Å². The summed E-state index contributed by atoms with van der Waals surface area (Å²) in [6.07, 6.45) is 3.11. The van der Waals surface area contributed by atoms with Crippen LogP contribution in [0, 0.1) is 5.82 Å². The molecule has 3 rings (SSSR count). The quantitative estimate of drug-likeness (QED) is 0.541. The van der Waals surface area contributed by atoms with E-state index in [0.717, 1.165) is 18.4 Å². The summed E-state index contributed by atoms with van der Waals surface area (Å²) in [5.74, 6) is 1.13. The number of aromatic nitrogens is 1. The maximum Gasteiger partial charge on any atom is 0.409 e. The van der Waals surface area contributed by atoms with E-state index < -0.39 is 0 Å². The Hall–Kier alpha value is -3.36. The monoisotopic (exact) mass is 429 g/mol. The summed E-state index contributed by atoms with van der Waals surface area (Å²) in [5.41, 5.74) is 0.951. The standard InChI is InChI=1S/C22H28FN5O3/c1-3-30-22(29)28-11-9-18(10-12-28)27-21(24-2)26-15-16-7-8-20(25-14-16)31-19-6-4-5-17(23)13-19/h4-8,13-14,18H,3,9-12,15H2,1-2H3,(H2,24,26,27). The zero-order valence-corrected chi connectivity index (χ0v) is 17.8. The Kier molecular flexibility index (Phi) is 8.03. The van der Waals surface area contributed by atoms with E-state index in [9.17, 15) is 9.18 Å². The lowest BCUT2D eigenvalue weighted by atomic mass is 10.1. The highest BCUT2D eigenvalue weighted by Gasteiger charge is 2.24. The Balaban J connectivity index is 1.44. The number of nitrogens with one attached hydrogen (secondary N) is 2. The molecule has 0 unspecified atom stereocenters. The van der Waals surface area contributed by atoms with E-state index in [4.69, 9.17) is 9.47 Å². The highest BCUT2D eigenvalue weighted by atomic mass is 19.1. The number of nitrogens with zero attached hydrogens (tertiary/aromatic N) is 3. The fourth-order valence-corrected chi connectivity index (χ4v) is 3.22. The molecule has 2 N–H and O–H groups in total. The van der Waals surface area contributed by atoms with E-state index in [-0.39, 0.29) is 18.0 Å². The molecule has 1 aliphatic heterocycles. The van der Waals surface area contributed by atoms with Gasteiger partial charge in [0.25, 0.3) is 0 Å². The molecule has 166 valence electrons. The van der Waals surface area contributed by atoms with Gasteiger partial charge in [-0.15, -0.1) is 0 Å². The zero-order valence-electron chi connectivity index (χ0n) is 17.8. The molecule has 2 heterocycles. The molecular weight excluding hydrogens is 401 g/mol. The van der Waals surface area contributed by atoms with E-state index in [1.54, 1.807) is 36.3 Å². The second-order valence-electron chi connectivity index (χ2n) is 7.09. The minimum atomic E-state index is -0.358. The molecule has 1 aromatic heterocycles. The van der Waals surface area contributed by atoms with Gasteiger partial charge in [-0.05, 0) is 37.5 Å². The van der Waals surface area contributed by atoms with E-state index in [1.165, 1.54) is 12.1 Å². The van der Waals surface area contributed by atoms with Crippen LogP contribution in [0.15, 0.2) is 47.6 Å². The number of amides is 1. The van der Waals surface area contributed by atoms with Gasteiger partial charge < -0.3 is 25.0 Å². The normalized spacial score (nSPS) is 14.8. The highest BCUT2D eigenvalue weighted by molar-refractivity contribution is 5.80. The van der Waals surface area contributed by atoms with Crippen LogP contribution in [0.1, 0.15) is 25.3 Å². The molecule has 1 amide bonds. The summed E-state index contributed by atoms with van der Waals surface area (Å²) in [7, 11) is 1.72. The predicted molar refractivity (Wildman–Crippen MR) is 116 cm³/mol. The van der Waals surface area contributed by atoms with Gasteiger partial charge in [0.1, 0.15) is 11.6 Å². The molecule has 31 heavy (non-hydrogen) atoms. The molecule has 0 atom stereocenters. The van der Waals surface area contributed by atoms with Crippen molar-refractivity contribution in [2.45, 2.75) is 32.4 Å². The molecule has 1 aromatic carbocycles. The molecule has 0 bridgehead atoms. The van der Waals surface area contributed by atoms with Crippen molar-refractivity contribution in [3.8, 4) is 11.6 Å². The minimum absolute atomic E-state index is 0.233. The SMILES string of the molecule is CCOC(=O)N1CCC(NC(=NC)NCc2ccc(Oc3cccc(F)c3)nc2)CC1. The number of guanidine groups is 1. The minimum Gasteiger partial charge on any atom is -0.450 e. The van der Waals surface area contributed by atoms with Gasteiger partial charge in [-0.2, -0.15) is 0 Å². The second kappa shape index (κ2) is 11.1. The summed E-state index contributed by atoms with van der Waals surface area (Å²) in [6.45, 7) is 4.05. The smallest absolute Gasteiger partial charge is 0.409 e. The van der Waals surface area contributed by atoms with E-state index >= 15 is 0 Å². The molecule has 1 aliphatic rings. The lowest BCUT2D eigenvalue weighted by molar-refractivity contribution is 0.0963. The second-order valence-corrected chi connectivity index (χ2v) is 7.09. The molecule has 1 saturated heterocycles. The molecule has 0 spiro atoms. The fourth-order valence-electron chi connectivity index (χ4n) is 3.22. The first-order valence-electron chi connectivity index (χ1n) is 10.3. The lowest BCUT2D eigenvalue weighted by Crippen LogP contribution is -2.49. The Morgan fingerprint density at radius 3 is 2.74 bits per heavy atom. The van der Waals surface area contributed by atoms with Crippen LogP contribution in [0.5, 0.6) is 11.6 Å². The number of pyridine rings is 1. The van der Waals surface area contributed by atoms with Crippen LogP contribution >= 0.6 is 0 Å². The van der Waals surface area contributed by atoms with Gasteiger partial charge in [0.2, 0.25) is 5.88 Å². The Labute approximate surface area is 181 Å². The van der Waals surface area contributed by atoms with Gasteiger partial charge in [0.05, 0.1) is 6.61 Å². The molecule has 0 saturated carbocycles. The van der Waals surface area contributed by atoms with Crippen LogP contribution in [0.3, 0.4) is 0 Å². The van der Waals surface area contributed by atoms with Crippen LogP contribution in [0.2, 0.25) is 0 Å². The van der Waals surface area contributed by atoms with Crippen LogP contribution < -0.4 is 15.4 Å². The topological polar surface area (TPSA) is 88.1 Å². The largest absolute Gasteiger partial charge is 0.450 e. The average Bonchev–Trinajstić information content (AvgIpc) is 2.78. The van der Waals surface area contributed by atoms with Gasteiger partial charge in [-0.25, -0.2) is 14.2 Å². The molecule has 0 radical (unpaired) electrons. The summed E-state index contributed by atoms with van der Waals surface area (Å²) < 4.78 is 23.9. The first-order chi connectivity index (χ1) is 15.1.